The van der Waals surface area contributed by atoms with E-state index in [1.54, 1.807) is 0 Å². The Morgan fingerprint density at radius 2 is 2.00 bits per heavy atom. The summed E-state index contributed by atoms with van der Waals surface area (Å²) in [7, 11) is 0. The van der Waals surface area contributed by atoms with Crippen LogP contribution in [0.25, 0.3) is 0 Å². The summed E-state index contributed by atoms with van der Waals surface area (Å²) in [5.41, 5.74) is 1.33. The lowest BCUT2D eigenvalue weighted by molar-refractivity contribution is 0.310. The van der Waals surface area contributed by atoms with Crippen LogP contribution in [-0.4, -0.2) is 18.7 Å². The highest BCUT2D eigenvalue weighted by molar-refractivity contribution is 5.36. The highest BCUT2D eigenvalue weighted by Crippen LogP contribution is 2.30. The Labute approximate surface area is 111 Å². The Morgan fingerprint density at radius 3 is 2.67 bits per heavy atom. The second-order valence-electron chi connectivity index (χ2n) is 5.40. The van der Waals surface area contributed by atoms with Crippen molar-refractivity contribution in [1.82, 2.24) is 5.32 Å². The highest BCUT2D eigenvalue weighted by atomic mass is 16.5. The first-order valence-electron chi connectivity index (χ1n) is 7.20. The molecule has 1 N–H and O–H groups in total. The van der Waals surface area contributed by atoms with E-state index in [1.807, 2.05) is 0 Å². The second kappa shape index (κ2) is 6.24. The van der Waals surface area contributed by atoms with Crippen molar-refractivity contribution < 1.29 is 4.74 Å². The minimum Gasteiger partial charge on any atom is -0.493 e. The topological polar surface area (TPSA) is 21.3 Å². The third kappa shape index (κ3) is 3.49. The lowest BCUT2D eigenvalue weighted by Crippen LogP contribution is -2.32. The van der Waals surface area contributed by atoms with Gasteiger partial charge in [-0.25, -0.2) is 0 Å². The van der Waals surface area contributed by atoms with Crippen LogP contribution in [0.1, 0.15) is 51.5 Å². The summed E-state index contributed by atoms with van der Waals surface area (Å²) in [6.45, 7) is 7.51. The molecule has 100 valence electrons. The summed E-state index contributed by atoms with van der Waals surface area (Å²) >= 11 is 0. The van der Waals surface area contributed by atoms with Gasteiger partial charge in [-0.1, -0.05) is 32.0 Å². The van der Waals surface area contributed by atoms with E-state index in [9.17, 15) is 0 Å². The molecule has 0 aliphatic heterocycles. The molecule has 2 nitrogen and oxygen atoms in total. The second-order valence-corrected chi connectivity index (χ2v) is 5.40. The minimum atomic E-state index is 0.485. The first-order chi connectivity index (χ1) is 8.72. The van der Waals surface area contributed by atoms with Gasteiger partial charge < -0.3 is 10.1 Å². The van der Waals surface area contributed by atoms with Crippen molar-refractivity contribution in [3.63, 3.8) is 0 Å². The maximum atomic E-state index is 5.85. The quantitative estimate of drug-likeness (QED) is 0.793. The molecule has 0 bridgehead atoms. The number of nitrogens with one attached hydrogen (secondary N) is 1. The van der Waals surface area contributed by atoms with Gasteiger partial charge in [0.15, 0.2) is 0 Å². The molecule has 0 aromatic heterocycles. The third-order valence-electron chi connectivity index (χ3n) is 3.70. The molecule has 1 aromatic rings. The van der Waals surface area contributed by atoms with Gasteiger partial charge in [0.25, 0.3) is 0 Å². The summed E-state index contributed by atoms with van der Waals surface area (Å²) in [5, 5.41) is 3.68. The average Bonchev–Trinajstić information content (AvgIpc) is 3.19. The fourth-order valence-electron chi connectivity index (χ4n) is 2.24. The van der Waals surface area contributed by atoms with E-state index in [0.29, 0.717) is 12.0 Å². The zero-order valence-electron chi connectivity index (χ0n) is 11.8. The monoisotopic (exact) mass is 247 g/mol. The van der Waals surface area contributed by atoms with E-state index in [-0.39, 0.29) is 0 Å². The molecule has 2 atom stereocenters. The molecule has 0 spiro atoms. The van der Waals surface area contributed by atoms with Crippen molar-refractivity contribution in [2.75, 3.05) is 6.61 Å². The van der Waals surface area contributed by atoms with Gasteiger partial charge >= 0.3 is 0 Å². The van der Waals surface area contributed by atoms with Gasteiger partial charge in [-0.05, 0) is 43.7 Å². The van der Waals surface area contributed by atoms with E-state index in [1.165, 1.54) is 18.4 Å². The molecule has 1 aliphatic rings. The van der Waals surface area contributed by atoms with Crippen LogP contribution in [0.2, 0.25) is 0 Å². The van der Waals surface area contributed by atoms with Crippen LogP contribution < -0.4 is 10.1 Å². The van der Waals surface area contributed by atoms with Gasteiger partial charge in [-0.15, -0.1) is 0 Å². The van der Waals surface area contributed by atoms with Crippen LogP contribution in [0, 0.1) is 0 Å². The van der Waals surface area contributed by atoms with Gasteiger partial charge in [-0.3, -0.25) is 0 Å². The first-order valence-corrected chi connectivity index (χ1v) is 7.20. The van der Waals surface area contributed by atoms with E-state index in [0.717, 1.165) is 24.8 Å². The highest BCUT2D eigenvalue weighted by Gasteiger charge is 2.26. The molecule has 2 unspecified atom stereocenters. The molecule has 18 heavy (non-hydrogen) atoms. The molecule has 1 saturated carbocycles. The predicted molar refractivity (Wildman–Crippen MR) is 76.3 cm³/mol. The molecular formula is C16H25NO. The fraction of sp³-hybridized carbons (Fsp3) is 0.625. The molecule has 0 saturated heterocycles. The summed E-state index contributed by atoms with van der Waals surface area (Å²) in [4.78, 5) is 0. The Balaban J connectivity index is 2.04. The van der Waals surface area contributed by atoms with Crippen molar-refractivity contribution in [3.05, 3.63) is 29.8 Å². The van der Waals surface area contributed by atoms with Gasteiger partial charge in [0.2, 0.25) is 0 Å². The van der Waals surface area contributed by atoms with Crippen molar-refractivity contribution >= 4 is 0 Å². The molecule has 1 aliphatic carbocycles. The predicted octanol–water partition coefficient (Wildman–Crippen LogP) is 3.72. The molecule has 0 heterocycles. The number of ether oxygens (including phenoxy) is 1. The number of hydrogen-bond donors (Lipinski definition) is 1. The van der Waals surface area contributed by atoms with Crippen LogP contribution in [0.15, 0.2) is 24.3 Å². The largest absolute Gasteiger partial charge is 0.493 e. The number of rotatable bonds is 7. The molecule has 1 fully saturated rings. The van der Waals surface area contributed by atoms with E-state index in [4.69, 9.17) is 4.74 Å². The molecule has 0 amide bonds. The molecular weight excluding hydrogens is 222 g/mol. The zero-order chi connectivity index (χ0) is 13.0. The maximum absolute atomic E-state index is 5.85. The van der Waals surface area contributed by atoms with Gasteiger partial charge in [0.05, 0.1) is 6.61 Å². The maximum Gasteiger partial charge on any atom is 0.122 e. The van der Waals surface area contributed by atoms with Crippen molar-refractivity contribution in [1.29, 1.82) is 0 Å². The van der Waals surface area contributed by atoms with E-state index in [2.05, 4.69) is 50.4 Å². The third-order valence-corrected chi connectivity index (χ3v) is 3.70. The van der Waals surface area contributed by atoms with Crippen LogP contribution in [0.3, 0.4) is 0 Å². The smallest absolute Gasteiger partial charge is 0.122 e. The summed E-state index contributed by atoms with van der Waals surface area (Å²) in [5.74, 6) is 1.54. The normalized spacial score (nSPS) is 18.4. The van der Waals surface area contributed by atoms with Crippen molar-refractivity contribution in [2.24, 2.45) is 0 Å². The van der Waals surface area contributed by atoms with Crippen LogP contribution in [-0.2, 0) is 0 Å². The van der Waals surface area contributed by atoms with Crippen LogP contribution >= 0.6 is 0 Å². The number of hydrogen-bond acceptors (Lipinski definition) is 2. The number of para-hydroxylation sites is 1. The standard InChI is InChI=1S/C16H25NO/c1-4-11-18-16-8-6-5-7-15(16)12(2)13(3)17-14-9-10-14/h5-8,12-14,17H,4,9-11H2,1-3H3. The Morgan fingerprint density at radius 1 is 1.28 bits per heavy atom. The Hall–Kier alpha value is -1.02. The lowest BCUT2D eigenvalue weighted by atomic mass is 9.93. The van der Waals surface area contributed by atoms with Crippen LogP contribution in [0.4, 0.5) is 0 Å². The molecule has 1 aromatic carbocycles. The van der Waals surface area contributed by atoms with E-state index < -0.39 is 0 Å². The van der Waals surface area contributed by atoms with Gasteiger partial charge in [-0.2, -0.15) is 0 Å². The number of benzene rings is 1. The van der Waals surface area contributed by atoms with Gasteiger partial charge in [0.1, 0.15) is 5.75 Å². The lowest BCUT2D eigenvalue weighted by Gasteiger charge is -2.24. The molecule has 0 radical (unpaired) electrons. The Kier molecular flexibility index (Phi) is 4.65. The summed E-state index contributed by atoms with van der Waals surface area (Å²) in [6, 6.07) is 9.70. The molecule has 2 heteroatoms. The van der Waals surface area contributed by atoms with E-state index >= 15 is 0 Å². The van der Waals surface area contributed by atoms with Crippen LogP contribution in [0.5, 0.6) is 5.75 Å². The average molecular weight is 247 g/mol. The first kappa shape index (κ1) is 13.4. The van der Waals surface area contributed by atoms with Crippen molar-refractivity contribution in [3.8, 4) is 5.75 Å². The molecule has 2 rings (SSSR count). The zero-order valence-corrected chi connectivity index (χ0v) is 11.8. The Bertz CT molecular complexity index is 373. The summed E-state index contributed by atoms with van der Waals surface area (Å²) in [6.07, 6.45) is 3.73. The summed E-state index contributed by atoms with van der Waals surface area (Å²) < 4.78 is 5.85. The fourth-order valence-corrected chi connectivity index (χ4v) is 2.24. The van der Waals surface area contributed by atoms with Gasteiger partial charge in [0, 0.05) is 12.1 Å². The SMILES string of the molecule is CCCOc1ccccc1C(C)C(C)NC1CC1. The minimum absolute atomic E-state index is 0.485. The van der Waals surface area contributed by atoms with Crippen molar-refractivity contribution in [2.45, 2.75) is 58.0 Å².